The standard InChI is InChI=1S/C11H23N3O/c1-9-4-5-10(7-9)8-13-6-2-3-11(12)14-15/h9-10,13,15H,2-8H2,1H3,(H2,12,14). The van der Waals surface area contributed by atoms with Gasteiger partial charge in [0.25, 0.3) is 0 Å². The van der Waals surface area contributed by atoms with E-state index in [0.29, 0.717) is 12.3 Å². The van der Waals surface area contributed by atoms with E-state index in [9.17, 15) is 0 Å². The van der Waals surface area contributed by atoms with Gasteiger partial charge in [-0.2, -0.15) is 0 Å². The van der Waals surface area contributed by atoms with Gasteiger partial charge in [-0.1, -0.05) is 18.5 Å². The molecular formula is C11H23N3O. The summed E-state index contributed by atoms with van der Waals surface area (Å²) < 4.78 is 0. The van der Waals surface area contributed by atoms with Crippen molar-refractivity contribution in [1.29, 1.82) is 0 Å². The smallest absolute Gasteiger partial charge is 0.139 e. The van der Waals surface area contributed by atoms with Gasteiger partial charge in [0.2, 0.25) is 0 Å². The zero-order chi connectivity index (χ0) is 11.1. The Morgan fingerprint density at radius 2 is 2.33 bits per heavy atom. The number of hydrogen-bond donors (Lipinski definition) is 3. The zero-order valence-electron chi connectivity index (χ0n) is 9.58. The first-order chi connectivity index (χ1) is 7.22. The summed E-state index contributed by atoms with van der Waals surface area (Å²) in [5, 5.41) is 14.7. The first kappa shape index (κ1) is 12.3. The second kappa shape index (κ2) is 6.67. The van der Waals surface area contributed by atoms with Crippen LogP contribution in [0.2, 0.25) is 0 Å². The van der Waals surface area contributed by atoms with Crippen LogP contribution in [-0.4, -0.2) is 24.1 Å². The number of hydrogen-bond acceptors (Lipinski definition) is 3. The van der Waals surface area contributed by atoms with Gasteiger partial charge in [-0.15, -0.1) is 0 Å². The van der Waals surface area contributed by atoms with Crippen molar-refractivity contribution in [2.45, 2.75) is 39.0 Å². The molecule has 15 heavy (non-hydrogen) atoms. The summed E-state index contributed by atoms with van der Waals surface area (Å²) >= 11 is 0. The highest BCUT2D eigenvalue weighted by Crippen LogP contribution is 2.29. The van der Waals surface area contributed by atoms with Crippen LogP contribution in [0.4, 0.5) is 0 Å². The molecule has 1 fully saturated rings. The fourth-order valence-electron chi connectivity index (χ4n) is 2.26. The molecule has 0 aromatic heterocycles. The molecule has 2 unspecified atom stereocenters. The molecule has 1 aliphatic rings. The number of nitrogens with one attached hydrogen (secondary N) is 1. The molecule has 2 atom stereocenters. The highest BCUT2D eigenvalue weighted by molar-refractivity contribution is 5.79. The maximum Gasteiger partial charge on any atom is 0.139 e. The Kier molecular flexibility index (Phi) is 5.47. The minimum atomic E-state index is 0.325. The van der Waals surface area contributed by atoms with Crippen LogP contribution in [-0.2, 0) is 0 Å². The average molecular weight is 213 g/mol. The Morgan fingerprint density at radius 3 is 2.93 bits per heavy atom. The molecule has 1 aliphatic carbocycles. The van der Waals surface area contributed by atoms with E-state index in [1.54, 1.807) is 0 Å². The Hall–Kier alpha value is -0.770. The van der Waals surface area contributed by atoms with Crippen LogP contribution in [0.3, 0.4) is 0 Å². The second-order valence-electron chi connectivity index (χ2n) is 4.68. The van der Waals surface area contributed by atoms with Gasteiger partial charge >= 0.3 is 0 Å². The van der Waals surface area contributed by atoms with Gasteiger partial charge in [-0.05, 0) is 44.2 Å². The topological polar surface area (TPSA) is 70.6 Å². The Bertz CT molecular complexity index is 206. The molecule has 4 heteroatoms. The lowest BCUT2D eigenvalue weighted by atomic mass is 10.1. The van der Waals surface area contributed by atoms with Gasteiger partial charge in [0.15, 0.2) is 0 Å². The van der Waals surface area contributed by atoms with Crippen molar-refractivity contribution in [1.82, 2.24) is 5.32 Å². The van der Waals surface area contributed by atoms with Crippen LogP contribution in [0.1, 0.15) is 39.0 Å². The van der Waals surface area contributed by atoms with E-state index >= 15 is 0 Å². The largest absolute Gasteiger partial charge is 0.409 e. The van der Waals surface area contributed by atoms with E-state index in [0.717, 1.165) is 31.3 Å². The van der Waals surface area contributed by atoms with Crippen LogP contribution in [0.15, 0.2) is 5.16 Å². The molecule has 0 bridgehead atoms. The normalized spacial score (nSPS) is 27.1. The van der Waals surface area contributed by atoms with Gasteiger partial charge in [0.1, 0.15) is 5.84 Å². The Labute approximate surface area is 91.9 Å². The first-order valence-corrected chi connectivity index (χ1v) is 5.89. The molecule has 4 nitrogen and oxygen atoms in total. The maximum absolute atomic E-state index is 8.34. The highest BCUT2D eigenvalue weighted by Gasteiger charge is 2.20. The molecule has 0 aromatic rings. The van der Waals surface area contributed by atoms with Crippen LogP contribution in [0.5, 0.6) is 0 Å². The van der Waals surface area contributed by atoms with Crippen molar-refractivity contribution in [3.8, 4) is 0 Å². The van der Waals surface area contributed by atoms with E-state index in [1.165, 1.54) is 19.3 Å². The third kappa shape index (κ3) is 5.02. The van der Waals surface area contributed by atoms with Gasteiger partial charge in [-0.3, -0.25) is 0 Å². The quantitative estimate of drug-likeness (QED) is 0.206. The van der Waals surface area contributed by atoms with Crippen LogP contribution >= 0.6 is 0 Å². The lowest BCUT2D eigenvalue weighted by molar-refractivity contribution is 0.316. The first-order valence-electron chi connectivity index (χ1n) is 5.89. The molecule has 1 saturated carbocycles. The molecule has 88 valence electrons. The average Bonchev–Trinajstić information content (AvgIpc) is 2.63. The van der Waals surface area contributed by atoms with E-state index in [4.69, 9.17) is 10.9 Å². The monoisotopic (exact) mass is 213 g/mol. The van der Waals surface area contributed by atoms with Crippen molar-refractivity contribution in [3.63, 3.8) is 0 Å². The molecule has 4 N–H and O–H groups in total. The predicted molar refractivity (Wildman–Crippen MR) is 62.0 cm³/mol. The lowest BCUT2D eigenvalue weighted by Crippen LogP contribution is -2.23. The molecule has 1 rings (SSSR count). The van der Waals surface area contributed by atoms with Crippen molar-refractivity contribution >= 4 is 5.84 Å². The number of rotatable bonds is 6. The molecule has 0 aromatic carbocycles. The summed E-state index contributed by atoms with van der Waals surface area (Å²) in [6.45, 7) is 4.42. The zero-order valence-corrected chi connectivity index (χ0v) is 9.58. The van der Waals surface area contributed by atoms with Gasteiger partial charge in [0, 0.05) is 6.42 Å². The Balaban J connectivity index is 1.93. The van der Waals surface area contributed by atoms with Gasteiger partial charge in [-0.25, -0.2) is 0 Å². The van der Waals surface area contributed by atoms with Crippen molar-refractivity contribution < 1.29 is 5.21 Å². The summed E-state index contributed by atoms with van der Waals surface area (Å²) in [7, 11) is 0. The number of nitrogens with zero attached hydrogens (tertiary/aromatic N) is 1. The Morgan fingerprint density at radius 1 is 1.53 bits per heavy atom. The van der Waals surface area contributed by atoms with Crippen molar-refractivity contribution in [2.24, 2.45) is 22.7 Å². The van der Waals surface area contributed by atoms with Crippen LogP contribution in [0.25, 0.3) is 0 Å². The number of nitrogens with two attached hydrogens (primary N) is 1. The minimum absolute atomic E-state index is 0.325. The summed E-state index contributed by atoms with van der Waals surface area (Å²) in [6.07, 6.45) is 5.74. The molecule has 0 radical (unpaired) electrons. The predicted octanol–water partition coefficient (Wildman–Crippen LogP) is 1.54. The molecule has 0 aliphatic heterocycles. The third-order valence-electron chi connectivity index (χ3n) is 3.15. The van der Waals surface area contributed by atoms with Gasteiger partial charge < -0.3 is 16.3 Å². The van der Waals surface area contributed by atoms with Crippen molar-refractivity contribution in [3.05, 3.63) is 0 Å². The maximum atomic E-state index is 8.34. The summed E-state index contributed by atoms with van der Waals surface area (Å²) in [5.74, 6) is 2.10. The fraction of sp³-hybridized carbons (Fsp3) is 0.909. The molecule has 0 saturated heterocycles. The summed E-state index contributed by atoms with van der Waals surface area (Å²) in [5.41, 5.74) is 5.37. The van der Waals surface area contributed by atoms with Crippen LogP contribution in [0, 0.1) is 11.8 Å². The van der Waals surface area contributed by atoms with E-state index in [2.05, 4.69) is 17.4 Å². The molecule has 0 heterocycles. The molecule has 0 amide bonds. The third-order valence-corrected chi connectivity index (χ3v) is 3.15. The second-order valence-corrected chi connectivity index (χ2v) is 4.68. The summed E-state index contributed by atoms with van der Waals surface area (Å²) in [4.78, 5) is 0. The van der Waals surface area contributed by atoms with Crippen LogP contribution < -0.4 is 11.1 Å². The lowest BCUT2D eigenvalue weighted by Gasteiger charge is -2.10. The van der Waals surface area contributed by atoms with E-state index in [1.807, 2.05) is 0 Å². The molecular weight excluding hydrogens is 190 g/mol. The van der Waals surface area contributed by atoms with Crippen molar-refractivity contribution in [2.75, 3.05) is 13.1 Å². The minimum Gasteiger partial charge on any atom is -0.409 e. The van der Waals surface area contributed by atoms with Gasteiger partial charge in [0.05, 0.1) is 0 Å². The molecule has 0 spiro atoms. The number of oxime groups is 1. The SMILES string of the molecule is CC1CCC(CNCCCC(N)=NO)C1. The fourth-order valence-corrected chi connectivity index (χ4v) is 2.26. The van der Waals surface area contributed by atoms with E-state index in [-0.39, 0.29) is 0 Å². The highest BCUT2D eigenvalue weighted by atomic mass is 16.4. The van der Waals surface area contributed by atoms with E-state index < -0.39 is 0 Å². The summed E-state index contributed by atoms with van der Waals surface area (Å²) in [6, 6.07) is 0. The number of amidine groups is 1.